The second-order valence-corrected chi connectivity index (χ2v) is 10.4. The van der Waals surface area contributed by atoms with Gasteiger partial charge in [0.05, 0.1) is 11.7 Å². The van der Waals surface area contributed by atoms with Gasteiger partial charge in [-0.25, -0.2) is 0 Å². The highest BCUT2D eigenvalue weighted by Crippen LogP contribution is 2.50. The first-order chi connectivity index (χ1) is 15.2. The van der Waals surface area contributed by atoms with Gasteiger partial charge in [0.2, 0.25) is 11.8 Å². The number of carbonyl (C=O) groups excluding carboxylic acids is 3. The number of nitrogens with one attached hydrogen (secondary N) is 1. The fourth-order valence-electron chi connectivity index (χ4n) is 5.71. The highest BCUT2D eigenvalue weighted by Gasteiger charge is 2.57. The number of rotatable bonds is 5. The maximum Gasteiger partial charge on any atom is 0.269 e. The van der Waals surface area contributed by atoms with Gasteiger partial charge in [0.15, 0.2) is 5.69 Å². The molecule has 3 amide bonds. The van der Waals surface area contributed by atoms with Crippen molar-refractivity contribution in [3.05, 3.63) is 24.2 Å². The van der Waals surface area contributed by atoms with Crippen molar-refractivity contribution in [2.24, 2.45) is 23.0 Å². The third kappa shape index (κ3) is 3.73. The maximum absolute atomic E-state index is 13.3. The molecular formula is C23H30N6O3. The molecule has 3 fully saturated rings. The van der Waals surface area contributed by atoms with Crippen LogP contribution in [0.5, 0.6) is 0 Å². The molecule has 1 saturated heterocycles. The van der Waals surface area contributed by atoms with Crippen LogP contribution in [-0.4, -0.2) is 56.0 Å². The molecule has 3 N–H and O–H groups in total. The van der Waals surface area contributed by atoms with Gasteiger partial charge in [-0.1, -0.05) is 20.3 Å². The van der Waals surface area contributed by atoms with E-state index < -0.39 is 11.9 Å². The van der Waals surface area contributed by atoms with Crippen LogP contribution in [-0.2, 0) is 16.1 Å². The number of aromatic nitrogens is 3. The molecule has 2 aromatic heterocycles. The Balaban J connectivity index is 1.32. The molecule has 2 aromatic rings. The molecule has 3 aliphatic rings. The summed E-state index contributed by atoms with van der Waals surface area (Å²) in [4.78, 5) is 44.1. The van der Waals surface area contributed by atoms with E-state index in [0.717, 1.165) is 25.7 Å². The number of nitrogens with zero attached hydrogens (tertiary/aromatic N) is 4. The SMILES string of the molecule is CC1(C)CCC[C@H](NC(=O)[C@@H]2[C@@H]3C[C@@H]3CN2C(=O)Cn2nc(C(N)=O)c3ccncc32)C1. The lowest BCUT2D eigenvalue weighted by atomic mass is 9.75. The molecule has 2 aliphatic carbocycles. The zero-order valence-corrected chi connectivity index (χ0v) is 18.6. The van der Waals surface area contributed by atoms with Crippen LogP contribution in [0.3, 0.4) is 0 Å². The smallest absolute Gasteiger partial charge is 0.269 e. The fraction of sp³-hybridized carbons (Fsp3) is 0.609. The number of hydrogen-bond donors (Lipinski definition) is 2. The Kier molecular flexibility index (Phi) is 4.94. The normalized spacial score (nSPS) is 28.4. The van der Waals surface area contributed by atoms with Crippen LogP contribution < -0.4 is 11.1 Å². The van der Waals surface area contributed by atoms with Crippen molar-refractivity contribution in [2.45, 2.75) is 64.6 Å². The summed E-state index contributed by atoms with van der Waals surface area (Å²) in [5.41, 5.74) is 6.38. The minimum Gasteiger partial charge on any atom is -0.364 e. The molecule has 0 radical (unpaired) electrons. The zero-order valence-electron chi connectivity index (χ0n) is 18.6. The molecule has 0 unspecified atom stereocenters. The van der Waals surface area contributed by atoms with Gasteiger partial charge in [0.1, 0.15) is 12.6 Å². The summed E-state index contributed by atoms with van der Waals surface area (Å²) in [6.07, 6.45) is 8.38. The molecule has 0 spiro atoms. The third-order valence-corrected chi connectivity index (χ3v) is 7.36. The highest BCUT2D eigenvalue weighted by atomic mass is 16.2. The Bertz CT molecular complexity index is 1090. The molecule has 9 heteroatoms. The van der Waals surface area contributed by atoms with E-state index in [2.05, 4.69) is 29.2 Å². The molecule has 5 rings (SSSR count). The Morgan fingerprint density at radius 3 is 2.88 bits per heavy atom. The van der Waals surface area contributed by atoms with Gasteiger partial charge in [-0.2, -0.15) is 5.10 Å². The fourth-order valence-corrected chi connectivity index (χ4v) is 5.71. The van der Waals surface area contributed by atoms with Crippen LogP contribution in [0.4, 0.5) is 0 Å². The van der Waals surface area contributed by atoms with Crippen LogP contribution in [0.25, 0.3) is 10.9 Å². The number of hydrogen-bond acceptors (Lipinski definition) is 5. The molecule has 0 bridgehead atoms. The molecule has 2 saturated carbocycles. The van der Waals surface area contributed by atoms with Crippen LogP contribution in [0.1, 0.15) is 56.4 Å². The number of fused-ring (bicyclic) bond motifs is 2. The number of piperidine rings is 1. The zero-order chi connectivity index (χ0) is 22.6. The van der Waals surface area contributed by atoms with Crippen molar-refractivity contribution in [3.63, 3.8) is 0 Å². The molecule has 4 atom stereocenters. The summed E-state index contributed by atoms with van der Waals surface area (Å²) in [6, 6.07) is 1.41. The van der Waals surface area contributed by atoms with Crippen molar-refractivity contribution in [1.29, 1.82) is 0 Å². The van der Waals surface area contributed by atoms with E-state index in [4.69, 9.17) is 5.73 Å². The predicted molar refractivity (Wildman–Crippen MR) is 117 cm³/mol. The highest BCUT2D eigenvalue weighted by molar-refractivity contribution is 6.04. The standard InChI is InChI=1S/C23H30N6O3/c1-23(2)6-3-4-14(9-23)26-22(32)20-16-8-13(16)11-28(20)18(30)12-29-17-10-25-7-5-15(17)19(27-29)21(24)31/h5,7,10,13-14,16,20H,3-4,6,8-9,11-12H2,1-2H3,(H2,24,31)(H,26,32)/t13-,14+,16-,20+/m1/s1. The number of primary amides is 1. The first-order valence-corrected chi connectivity index (χ1v) is 11.4. The number of nitrogens with two attached hydrogens (primary N) is 1. The largest absolute Gasteiger partial charge is 0.364 e. The van der Waals surface area contributed by atoms with Crippen LogP contribution in [0.15, 0.2) is 18.5 Å². The predicted octanol–water partition coefficient (Wildman–Crippen LogP) is 1.46. The third-order valence-electron chi connectivity index (χ3n) is 7.36. The van der Waals surface area contributed by atoms with Crippen LogP contribution >= 0.6 is 0 Å². The van der Waals surface area contributed by atoms with Crippen molar-refractivity contribution in [3.8, 4) is 0 Å². The Hall–Kier alpha value is -2.97. The van der Waals surface area contributed by atoms with Gasteiger partial charge >= 0.3 is 0 Å². The van der Waals surface area contributed by atoms with Gasteiger partial charge in [-0.05, 0) is 49.0 Å². The topological polar surface area (TPSA) is 123 Å². The summed E-state index contributed by atoms with van der Waals surface area (Å²) >= 11 is 0. The molecule has 170 valence electrons. The molecule has 1 aliphatic heterocycles. The summed E-state index contributed by atoms with van der Waals surface area (Å²) in [6.45, 7) is 5.03. The van der Waals surface area contributed by atoms with Crippen molar-refractivity contribution in [1.82, 2.24) is 25.0 Å². The number of pyridine rings is 1. The summed E-state index contributed by atoms with van der Waals surface area (Å²) < 4.78 is 1.47. The van der Waals surface area contributed by atoms with E-state index in [1.54, 1.807) is 23.4 Å². The Morgan fingerprint density at radius 2 is 2.12 bits per heavy atom. The summed E-state index contributed by atoms with van der Waals surface area (Å²) in [7, 11) is 0. The Labute approximate surface area is 186 Å². The molecule has 3 heterocycles. The van der Waals surface area contributed by atoms with E-state index in [0.29, 0.717) is 23.4 Å². The second kappa shape index (κ2) is 7.56. The summed E-state index contributed by atoms with van der Waals surface area (Å²) in [5, 5.41) is 8.08. The van der Waals surface area contributed by atoms with E-state index >= 15 is 0 Å². The van der Waals surface area contributed by atoms with Crippen molar-refractivity contribution >= 4 is 28.6 Å². The van der Waals surface area contributed by atoms with Crippen molar-refractivity contribution in [2.75, 3.05) is 6.54 Å². The maximum atomic E-state index is 13.3. The molecule has 0 aromatic carbocycles. The monoisotopic (exact) mass is 438 g/mol. The summed E-state index contributed by atoms with van der Waals surface area (Å²) in [5.74, 6) is -0.216. The van der Waals surface area contributed by atoms with E-state index in [9.17, 15) is 14.4 Å². The average Bonchev–Trinajstić information content (AvgIpc) is 3.23. The molecular weight excluding hydrogens is 408 g/mol. The number of likely N-dealkylation sites (tertiary alicyclic amines) is 1. The van der Waals surface area contributed by atoms with Gasteiger partial charge in [-0.3, -0.25) is 24.0 Å². The lowest BCUT2D eigenvalue weighted by Gasteiger charge is -2.37. The number of amides is 3. The lowest BCUT2D eigenvalue weighted by molar-refractivity contribution is -0.140. The van der Waals surface area contributed by atoms with Crippen LogP contribution in [0.2, 0.25) is 0 Å². The quantitative estimate of drug-likeness (QED) is 0.732. The van der Waals surface area contributed by atoms with Gasteiger partial charge in [0.25, 0.3) is 5.91 Å². The Morgan fingerprint density at radius 1 is 1.31 bits per heavy atom. The van der Waals surface area contributed by atoms with Crippen molar-refractivity contribution < 1.29 is 14.4 Å². The van der Waals surface area contributed by atoms with E-state index in [1.807, 2.05) is 0 Å². The minimum absolute atomic E-state index is 0.0316. The first-order valence-electron chi connectivity index (χ1n) is 11.4. The van der Waals surface area contributed by atoms with E-state index in [1.165, 1.54) is 11.1 Å². The average molecular weight is 439 g/mol. The number of carbonyl (C=O) groups is 3. The minimum atomic E-state index is -0.650. The van der Waals surface area contributed by atoms with Crippen LogP contribution in [0, 0.1) is 17.3 Å². The van der Waals surface area contributed by atoms with E-state index in [-0.39, 0.29) is 41.4 Å². The second-order valence-electron chi connectivity index (χ2n) is 10.4. The lowest BCUT2D eigenvalue weighted by Crippen LogP contribution is -2.52. The molecule has 32 heavy (non-hydrogen) atoms. The van der Waals surface area contributed by atoms with Gasteiger partial charge < -0.3 is 16.0 Å². The van der Waals surface area contributed by atoms with Gasteiger partial charge in [0, 0.05) is 24.2 Å². The first kappa shape index (κ1) is 20.9. The molecule has 9 nitrogen and oxygen atoms in total. The van der Waals surface area contributed by atoms with Gasteiger partial charge in [-0.15, -0.1) is 0 Å².